The van der Waals surface area contributed by atoms with Gasteiger partial charge in [-0.3, -0.25) is 0 Å². The highest BCUT2D eigenvalue weighted by molar-refractivity contribution is 7.90. The molecule has 0 aliphatic carbocycles. The van der Waals surface area contributed by atoms with E-state index in [4.69, 9.17) is 11.6 Å². The molecule has 13 heteroatoms. The van der Waals surface area contributed by atoms with Crippen molar-refractivity contribution in [2.75, 3.05) is 23.5 Å². The lowest BCUT2D eigenvalue weighted by atomic mass is 10.1. The van der Waals surface area contributed by atoms with Gasteiger partial charge >= 0.3 is 0 Å². The van der Waals surface area contributed by atoms with Crippen molar-refractivity contribution in [2.24, 2.45) is 7.05 Å². The van der Waals surface area contributed by atoms with Crippen molar-refractivity contribution >= 4 is 38.9 Å². The van der Waals surface area contributed by atoms with Crippen LogP contribution in [0.5, 0.6) is 0 Å². The molecule has 0 bridgehead atoms. The Morgan fingerprint density at radius 3 is 2.56 bits per heavy atom. The summed E-state index contributed by atoms with van der Waals surface area (Å²) < 4.78 is 25.1. The van der Waals surface area contributed by atoms with Crippen LogP contribution in [-0.2, 0) is 16.9 Å². The van der Waals surface area contributed by atoms with Crippen molar-refractivity contribution in [1.29, 1.82) is 0 Å². The number of aromatic nitrogens is 6. The maximum atomic E-state index is 11.8. The number of hydrogen-bond acceptors (Lipinski definition) is 10. The molecule has 4 aromatic rings. The number of sulfone groups is 1. The summed E-state index contributed by atoms with van der Waals surface area (Å²) in [4.78, 5) is 8.94. The van der Waals surface area contributed by atoms with Gasteiger partial charge in [0.05, 0.1) is 28.1 Å². The minimum Gasteiger partial charge on any atom is -0.394 e. The second-order valence-corrected chi connectivity index (χ2v) is 9.81. The molecule has 1 atom stereocenters. The summed E-state index contributed by atoms with van der Waals surface area (Å²) in [5, 5.41) is 27.9. The maximum absolute atomic E-state index is 11.8. The van der Waals surface area contributed by atoms with Crippen molar-refractivity contribution in [3.63, 3.8) is 0 Å². The van der Waals surface area contributed by atoms with Crippen LogP contribution in [0.15, 0.2) is 59.6 Å². The maximum Gasteiger partial charge on any atom is 0.229 e. The lowest BCUT2D eigenvalue weighted by Crippen LogP contribution is -2.17. The molecule has 2 heterocycles. The van der Waals surface area contributed by atoms with Gasteiger partial charge in [-0.05, 0) is 34.2 Å². The van der Waals surface area contributed by atoms with Crippen LogP contribution in [0.2, 0.25) is 5.02 Å². The summed E-state index contributed by atoms with van der Waals surface area (Å²) in [5.41, 5.74) is 1.89. The highest BCUT2D eigenvalue weighted by atomic mass is 35.5. The van der Waals surface area contributed by atoms with E-state index in [0.29, 0.717) is 22.9 Å². The normalized spacial score (nSPS) is 12.4. The van der Waals surface area contributed by atoms with E-state index in [2.05, 4.69) is 36.1 Å². The average molecular weight is 501 g/mol. The van der Waals surface area contributed by atoms with Crippen LogP contribution in [0.25, 0.3) is 11.4 Å². The number of tetrazole rings is 1. The standard InChI is InChI=1S/C21H21ClN8O3S/c1-30-20(27-28-29-30)15-11-23-21(24-14-8-9-18(16(22)10-14)34(2,32)33)26-19(15)25-17(12-31)13-6-4-3-5-7-13/h3-11,17,31H,12H2,1-2H3,(H2,23,24,25,26)/t17-/m1/s1. The molecular formula is C21H21ClN8O3S. The van der Waals surface area contributed by atoms with Crippen molar-refractivity contribution in [2.45, 2.75) is 10.9 Å². The third-order valence-electron chi connectivity index (χ3n) is 4.93. The molecule has 0 saturated carbocycles. The van der Waals surface area contributed by atoms with Crippen LogP contribution < -0.4 is 10.6 Å². The molecule has 0 fully saturated rings. The van der Waals surface area contributed by atoms with Gasteiger partial charge in [-0.2, -0.15) is 4.98 Å². The predicted molar refractivity (Wildman–Crippen MR) is 128 cm³/mol. The third kappa shape index (κ3) is 5.14. The van der Waals surface area contributed by atoms with Crippen molar-refractivity contribution in [3.05, 3.63) is 65.3 Å². The number of benzene rings is 2. The molecule has 0 saturated heterocycles. The molecule has 34 heavy (non-hydrogen) atoms. The fourth-order valence-corrected chi connectivity index (χ4v) is 4.60. The minimum atomic E-state index is -3.45. The summed E-state index contributed by atoms with van der Waals surface area (Å²) in [6.45, 7) is -0.185. The number of nitrogens with one attached hydrogen (secondary N) is 2. The molecule has 0 aliphatic rings. The van der Waals surface area contributed by atoms with Gasteiger partial charge in [-0.15, -0.1) is 5.10 Å². The summed E-state index contributed by atoms with van der Waals surface area (Å²) in [6, 6.07) is 13.4. The van der Waals surface area contributed by atoms with Gasteiger partial charge in [0.15, 0.2) is 15.7 Å². The highest BCUT2D eigenvalue weighted by Crippen LogP contribution is 2.30. The van der Waals surface area contributed by atoms with E-state index in [1.165, 1.54) is 16.8 Å². The molecule has 0 radical (unpaired) electrons. The van der Waals surface area contributed by atoms with Gasteiger partial charge in [0.1, 0.15) is 5.82 Å². The molecule has 0 spiro atoms. The molecule has 4 rings (SSSR count). The van der Waals surface area contributed by atoms with E-state index in [1.807, 2.05) is 30.3 Å². The molecule has 0 amide bonds. The molecule has 2 aromatic carbocycles. The van der Waals surface area contributed by atoms with Crippen LogP contribution in [-0.4, -0.2) is 56.6 Å². The van der Waals surface area contributed by atoms with Gasteiger partial charge in [0, 0.05) is 25.2 Å². The van der Waals surface area contributed by atoms with Gasteiger partial charge in [-0.1, -0.05) is 41.9 Å². The molecule has 2 aromatic heterocycles. The molecule has 0 aliphatic heterocycles. The van der Waals surface area contributed by atoms with E-state index < -0.39 is 15.9 Å². The zero-order valence-corrected chi connectivity index (χ0v) is 19.8. The monoisotopic (exact) mass is 500 g/mol. The van der Waals surface area contributed by atoms with Crippen molar-refractivity contribution in [1.82, 2.24) is 30.2 Å². The Morgan fingerprint density at radius 2 is 1.94 bits per heavy atom. The smallest absolute Gasteiger partial charge is 0.229 e. The van der Waals surface area contributed by atoms with Crippen molar-refractivity contribution < 1.29 is 13.5 Å². The second-order valence-electron chi connectivity index (χ2n) is 7.41. The second kappa shape index (κ2) is 9.71. The van der Waals surface area contributed by atoms with Crippen LogP contribution in [0, 0.1) is 0 Å². The van der Waals surface area contributed by atoms with Crippen LogP contribution >= 0.6 is 11.6 Å². The van der Waals surface area contributed by atoms with Crippen LogP contribution in [0.1, 0.15) is 11.6 Å². The average Bonchev–Trinajstić information content (AvgIpc) is 3.23. The topological polar surface area (TPSA) is 148 Å². The Hall–Kier alpha value is -3.61. The van der Waals surface area contributed by atoms with Crippen LogP contribution in [0.3, 0.4) is 0 Å². The number of halogens is 1. The molecule has 11 nitrogen and oxygen atoms in total. The number of anilines is 3. The summed E-state index contributed by atoms with van der Waals surface area (Å²) in [6.07, 6.45) is 2.64. The van der Waals surface area contributed by atoms with E-state index >= 15 is 0 Å². The number of hydrogen-bond donors (Lipinski definition) is 3. The Balaban J connectivity index is 1.70. The largest absolute Gasteiger partial charge is 0.394 e. The zero-order valence-electron chi connectivity index (χ0n) is 18.2. The first-order chi connectivity index (χ1) is 16.3. The quantitative estimate of drug-likeness (QED) is 0.329. The highest BCUT2D eigenvalue weighted by Gasteiger charge is 2.19. The molecular weight excluding hydrogens is 480 g/mol. The Kier molecular flexibility index (Phi) is 6.72. The molecule has 0 unspecified atom stereocenters. The fraction of sp³-hybridized carbons (Fsp3) is 0.190. The first kappa shape index (κ1) is 23.5. The van der Waals surface area contributed by atoms with Gasteiger partial charge in [-0.25, -0.2) is 18.1 Å². The fourth-order valence-electron chi connectivity index (χ4n) is 3.27. The number of nitrogens with zero attached hydrogens (tertiary/aromatic N) is 6. The first-order valence-corrected chi connectivity index (χ1v) is 12.3. The Bertz CT molecular complexity index is 1410. The first-order valence-electron chi connectivity index (χ1n) is 10.0. The summed E-state index contributed by atoms with van der Waals surface area (Å²) in [5.74, 6) is 1.03. The third-order valence-corrected chi connectivity index (χ3v) is 6.51. The molecule has 3 N–H and O–H groups in total. The summed E-state index contributed by atoms with van der Waals surface area (Å²) in [7, 11) is -1.76. The number of aliphatic hydroxyl groups excluding tert-OH is 1. The van der Waals surface area contributed by atoms with Gasteiger partial charge in [0.2, 0.25) is 5.95 Å². The van der Waals surface area contributed by atoms with E-state index in [-0.39, 0.29) is 22.5 Å². The Morgan fingerprint density at radius 1 is 1.18 bits per heavy atom. The van der Waals surface area contributed by atoms with E-state index in [1.54, 1.807) is 19.3 Å². The van der Waals surface area contributed by atoms with Gasteiger partial charge < -0.3 is 15.7 Å². The molecule has 176 valence electrons. The lowest BCUT2D eigenvalue weighted by molar-refractivity contribution is 0.276. The predicted octanol–water partition coefficient (Wildman–Crippen LogP) is 2.61. The number of rotatable bonds is 8. The van der Waals surface area contributed by atoms with E-state index in [0.717, 1.165) is 11.8 Å². The Labute approximate surface area is 200 Å². The lowest BCUT2D eigenvalue weighted by Gasteiger charge is -2.19. The number of aliphatic hydroxyl groups is 1. The SMILES string of the molecule is Cn1nnnc1-c1cnc(Nc2ccc(S(C)(=O)=O)c(Cl)c2)nc1N[C@H](CO)c1ccccc1. The zero-order chi connectivity index (χ0) is 24.3. The van der Waals surface area contributed by atoms with Crippen molar-refractivity contribution in [3.8, 4) is 11.4 Å². The van der Waals surface area contributed by atoms with E-state index in [9.17, 15) is 13.5 Å². The summed E-state index contributed by atoms with van der Waals surface area (Å²) >= 11 is 6.15. The minimum absolute atomic E-state index is 0.0294. The van der Waals surface area contributed by atoms with Gasteiger partial charge in [0.25, 0.3) is 0 Å². The van der Waals surface area contributed by atoms with Crippen LogP contribution in [0.4, 0.5) is 17.5 Å². The number of aryl methyl sites for hydroxylation is 1.